The smallest absolute Gasteiger partial charge is 0.274 e. The minimum atomic E-state index is -0.0112. The van der Waals surface area contributed by atoms with Gasteiger partial charge in [-0.25, -0.2) is 0 Å². The molecule has 6 heteroatoms. The Kier molecular flexibility index (Phi) is 4.55. The molecule has 2 N–H and O–H groups in total. The number of nitrogens with one attached hydrogen (secondary N) is 1. The van der Waals surface area contributed by atoms with E-state index in [2.05, 4.69) is 15.1 Å². The van der Waals surface area contributed by atoms with E-state index in [1.165, 1.54) is 0 Å². The summed E-state index contributed by atoms with van der Waals surface area (Å²) in [4.78, 5) is 16.4. The molecule has 1 atom stereocenters. The van der Waals surface area contributed by atoms with Crippen LogP contribution < -0.4 is 0 Å². The molecule has 0 saturated carbocycles. The van der Waals surface area contributed by atoms with Gasteiger partial charge >= 0.3 is 0 Å². The summed E-state index contributed by atoms with van der Waals surface area (Å²) in [5.74, 6) is -0.0112. The number of hydrogen-bond acceptors (Lipinski definition) is 4. The van der Waals surface area contributed by atoms with E-state index in [0.717, 1.165) is 31.7 Å². The number of carbonyl (C=O) groups excluding carboxylic acids is 1. The molecular weight excluding hydrogens is 244 g/mol. The highest BCUT2D eigenvalue weighted by Gasteiger charge is 2.23. The topological polar surface area (TPSA) is 72.5 Å². The molecule has 0 radical (unpaired) electrons. The largest absolute Gasteiger partial charge is 0.395 e. The zero-order valence-corrected chi connectivity index (χ0v) is 11.6. The maximum absolute atomic E-state index is 12.3. The van der Waals surface area contributed by atoms with Crippen molar-refractivity contribution in [2.24, 2.45) is 0 Å². The van der Waals surface area contributed by atoms with Gasteiger partial charge < -0.3 is 10.0 Å². The first-order valence-corrected chi connectivity index (χ1v) is 6.78. The van der Waals surface area contributed by atoms with Gasteiger partial charge in [0, 0.05) is 37.9 Å². The summed E-state index contributed by atoms with van der Waals surface area (Å²) < 4.78 is 0. The number of nitrogens with zero attached hydrogens (tertiary/aromatic N) is 3. The summed E-state index contributed by atoms with van der Waals surface area (Å²) in [6.07, 6.45) is 0.930. The maximum Gasteiger partial charge on any atom is 0.274 e. The standard InChI is InChI=1S/C13H22N4O2/c1-10-8-12(15-14-10)13(19)17-5-3-4-16(6-7-17)11(2)9-18/h8,11,18H,3-7,9H2,1-2H3,(H,14,15). The predicted octanol–water partition coefficient (Wildman–Crippen LogP) is 0.247. The second-order valence-corrected chi connectivity index (χ2v) is 5.15. The molecule has 19 heavy (non-hydrogen) atoms. The number of H-pyrrole nitrogens is 1. The van der Waals surface area contributed by atoms with Gasteiger partial charge in [-0.15, -0.1) is 0 Å². The molecule has 1 fully saturated rings. The molecule has 1 aliphatic rings. The molecular formula is C13H22N4O2. The van der Waals surface area contributed by atoms with Crippen LogP contribution in [0.4, 0.5) is 0 Å². The quantitative estimate of drug-likeness (QED) is 0.822. The molecule has 1 aliphatic heterocycles. The van der Waals surface area contributed by atoms with Crippen LogP contribution in [0, 0.1) is 6.92 Å². The Hall–Kier alpha value is -1.40. The summed E-state index contributed by atoms with van der Waals surface area (Å²) >= 11 is 0. The van der Waals surface area contributed by atoms with Crippen molar-refractivity contribution >= 4 is 5.91 Å². The third-order valence-electron chi connectivity index (χ3n) is 3.63. The summed E-state index contributed by atoms with van der Waals surface area (Å²) in [7, 11) is 0. The average molecular weight is 266 g/mol. The van der Waals surface area contributed by atoms with Gasteiger partial charge in [-0.1, -0.05) is 0 Å². The van der Waals surface area contributed by atoms with E-state index in [9.17, 15) is 9.90 Å². The first-order valence-electron chi connectivity index (χ1n) is 6.78. The molecule has 0 spiro atoms. The van der Waals surface area contributed by atoms with Crippen molar-refractivity contribution in [3.63, 3.8) is 0 Å². The lowest BCUT2D eigenvalue weighted by Gasteiger charge is -2.26. The predicted molar refractivity (Wildman–Crippen MR) is 72.0 cm³/mol. The van der Waals surface area contributed by atoms with Crippen molar-refractivity contribution in [3.8, 4) is 0 Å². The van der Waals surface area contributed by atoms with Gasteiger partial charge in [-0.05, 0) is 26.3 Å². The molecule has 1 saturated heterocycles. The monoisotopic (exact) mass is 266 g/mol. The molecule has 1 aromatic heterocycles. The van der Waals surface area contributed by atoms with Crippen LogP contribution >= 0.6 is 0 Å². The van der Waals surface area contributed by atoms with Gasteiger partial charge in [0.25, 0.3) is 5.91 Å². The van der Waals surface area contributed by atoms with Gasteiger partial charge in [0.05, 0.1) is 6.61 Å². The van der Waals surface area contributed by atoms with E-state index in [1.807, 2.05) is 18.7 Å². The summed E-state index contributed by atoms with van der Waals surface area (Å²) in [5.41, 5.74) is 1.38. The minimum Gasteiger partial charge on any atom is -0.395 e. The number of carbonyl (C=O) groups is 1. The van der Waals surface area contributed by atoms with Crippen molar-refractivity contribution in [1.29, 1.82) is 0 Å². The fourth-order valence-corrected chi connectivity index (χ4v) is 2.39. The number of aliphatic hydroxyl groups is 1. The summed E-state index contributed by atoms with van der Waals surface area (Å²) in [6, 6.07) is 1.93. The molecule has 1 amide bonds. The van der Waals surface area contributed by atoms with Gasteiger partial charge in [-0.2, -0.15) is 5.10 Å². The fourth-order valence-electron chi connectivity index (χ4n) is 2.39. The Morgan fingerprint density at radius 3 is 2.89 bits per heavy atom. The number of aryl methyl sites for hydroxylation is 1. The zero-order chi connectivity index (χ0) is 13.8. The van der Waals surface area contributed by atoms with Crippen LogP contribution in [0.2, 0.25) is 0 Å². The van der Waals surface area contributed by atoms with Crippen molar-refractivity contribution in [1.82, 2.24) is 20.0 Å². The molecule has 2 rings (SSSR count). The fraction of sp³-hybridized carbons (Fsp3) is 0.692. The number of hydrogen-bond donors (Lipinski definition) is 2. The highest BCUT2D eigenvalue weighted by molar-refractivity contribution is 5.92. The Balaban J connectivity index is 1.97. The van der Waals surface area contributed by atoms with Gasteiger partial charge in [-0.3, -0.25) is 14.8 Å². The van der Waals surface area contributed by atoms with Crippen LogP contribution in [0.3, 0.4) is 0 Å². The molecule has 0 bridgehead atoms. The van der Waals surface area contributed by atoms with Gasteiger partial charge in [0.2, 0.25) is 0 Å². The minimum absolute atomic E-state index is 0.0112. The van der Waals surface area contributed by atoms with Crippen LogP contribution in [0.1, 0.15) is 29.5 Å². The third kappa shape index (κ3) is 3.33. The Morgan fingerprint density at radius 2 is 2.26 bits per heavy atom. The summed E-state index contributed by atoms with van der Waals surface area (Å²) in [6.45, 7) is 7.22. The Bertz CT molecular complexity index is 432. The number of rotatable bonds is 3. The first kappa shape index (κ1) is 14.0. The highest BCUT2D eigenvalue weighted by Crippen LogP contribution is 2.10. The SMILES string of the molecule is Cc1cc(C(=O)N2CCCN(C(C)CO)CC2)n[nH]1. The van der Waals surface area contributed by atoms with E-state index in [4.69, 9.17) is 0 Å². The van der Waals surface area contributed by atoms with Crippen molar-refractivity contribution in [2.75, 3.05) is 32.8 Å². The number of aromatic amines is 1. The van der Waals surface area contributed by atoms with Gasteiger partial charge in [0.15, 0.2) is 0 Å². The molecule has 1 aromatic rings. The zero-order valence-electron chi connectivity index (χ0n) is 11.6. The van der Waals surface area contributed by atoms with Crippen molar-refractivity contribution < 1.29 is 9.90 Å². The van der Waals surface area contributed by atoms with E-state index in [0.29, 0.717) is 12.2 Å². The maximum atomic E-state index is 12.3. The molecule has 0 aliphatic carbocycles. The number of amides is 1. The van der Waals surface area contributed by atoms with E-state index < -0.39 is 0 Å². The van der Waals surface area contributed by atoms with E-state index in [-0.39, 0.29) is 18.6 Å². The third-order valence-corrected chi connectivity index (χ3v) is 3.63. The van der Waals surface area contributed by atoms with Crippen LogP contribution in [0.25, 0.3) is 0 Å². The first-order chi connectivity index (χ1) is 9.11. The van der Waals surface area contributed by atoms with Crippen LogP contribution in [-0.4, -0.2) is 69.8 Å². The second-order valence-electron chi connectivity index (χ2n) is 5.15. The normalized spacial score (nSPS) is 19.2. The molecule has 106 valence electrons. The van der Waals surface area contributed by atoms with Crippen LogP contribution in [0.15, 0.2) is 6.07 Å². The molecule has 2 heterocycles. The lowest BCUT2D eigenvalue weighted by atomic mass is 10.3. The Labute approximate surface area is 113 Å². The molecule has 1 unspecified atom stereocenters. The lowest BCUT2D eigenvalue weighted by molar-refractivity contribution is 0.0748. The second kappa shape index (κ2) is 6.16. The lowest BCUT2D eigenvalue weighted by Crippen LogP contribution is -2.39. The van der Waals surface area contributed by atoms with E-state index in [1.54, 1.807) is 6.07 Å². The number of aromatic nitrogens is 2. The van der Waals surface area contributed by atoms with Crippen molar-refractivity contribution in [2.45, 2.75) is 26.3 Å². The molecule has 0 aromatic carbocycles. The Morgan fingerprint density at radius 1 is 1.47 bits per heavy atom. The van der Waals surface area contributed by atoms with E-state index >= 15 is 0 Å². The molecule has 6 nitrogen and oxygen atoms in total. The van der Waals surface area contributed by atoms with Gasteiger partial charge in [0.1, 0.15) is 5.69 Å². The van der Waals surface area contributed by atoms with Crippen molar-refractivity contribution in [3.05, 3.63) is 17.5 Å². The number of aliphatic hydroxyl groups excluding tert-OH is 1. The summed E-state index contributed by atoms with van der Waals surface area (Å²) in [5, 5.41) is 16.0. The van der Waals surface area contributed by atoms with Crippen LogP contribution in [0.5, 0.6) is 0 Å². The average Bonchev–Trinajstić information content (AvgIpc) is 2.71. The highest BCUT2D eigenvalue weighted by atomic mass is 16.3. The van der Waals surface area contributed by atoms with Crippen LogP contribution in [-0.2, 0) is 0 Å².